The minimum Gasteiger partial charge on any atom is -0.366 e. The van der Waals surface area contributed by atoms with E-state index >= 15 is 0 Å². The molecule has 1 aliphatic heterocycles. The molecule has 0 spiro atoms. The average Bonchev–Trinajstić information content (AvgIpc) is 2.53. The summed E-state index contributed by atoms with van der Waals surface area (Å²) in [6.45, 7) is 1.67. The van der Waals surface area contributed by atoms with Crippen LogP contribution >= 0.6 is 0 Å². The van der Waals surface area contributed by atoms with E-state index in [0.717, 1.165) is 22.0 Å². The van der Waals surface area contributed by atoms with E-state index < -0.39 is 5.72 Å². The Morgan fingerprint density at radius 3 is 2.09 bits per heavy atom. The Hall–Kier alpha value is -2.65. The van der Waals surface area contributed by atoms with Gasteiger partial charge in [-0.25, -0.2) is 0 Å². The fourth-order valence-electron chi connectivity index (χ4n) is 2.92. The van der Waals surface area contributed by atoms with Crippen LogP contribution in [0.2, 0.25) is 0 Å². The number of aliphatic hydroxyl groups is 1. The quantitative estimate of drug-likeness (QED) is 0.672. The van der Waals surface area contributed by atoms with Crippen LogP contribution < -0.4 is 5.43 Å². The monoisotopic (exact) mass is 288 g/mol. The first-order valence-corrected chi connectivity index (χ1v) is 7.31. The number of rotatable bonds is 1. The molecule has 1 atom stereocenters. The van der Waals surface area contributed by atoms with Crippen molar-refractivity contribution >= 4 is 27.3 Å². The third kappa shape index (κ3) is 2.07. The van der Waals surface area contributed by atoms with Crippen molar-refractivity contribution < 1.29 is 5.11 Å². The summed E-state index contributed by atoms with van der Waals surface area (Å²) in [7, 11) is 0. The molecule has 3 aromatic rings. The van der Waals surface area contributed by atoms with Gasteiger partial charge in [-0.2, -0.15) is 5.10 Å². The molecule has 2 N–H and O–H groups in total. The highest BCUT2D eigenvalue weighted by molar-refractivity contribution is 6.24. The Morgan fingerprint density at radius 1 is 0.955 bits per heavy atom. The van der Waals surface area contributed by atoms with E-state index in [4.69, 9.17) is 0 Å². The lowest BCUT2D eigenvalue weighted by Crippen LogP contribution is -2.39. The van der Waals surface area contributed by atoms with Gasteiger partial charge in [0.15, 0.2) is 5.72 Å². The molecule has 0 radical (unpaired) electrons. The summed E-state index contributed by atoms with van der Waals surface area (Å²) in [6, 6.07) is 18.8. The molecule has 0 amide bonds. The van der Waals surface area contributed by atoms with Crippen molar-refractivity contribution in [1.29, 1.82) is 0 Å². The zero-order valence-electron chi connectivity index (χ0n) is 12.2. The lowest BCUT2D eigenvalue weighted by molar-refractivity contribution is 0.0741. The zero-order chi connectivity index (χ0) is 15.2. The molecule has 108 valence electrons. The van der Waals surface area contributed by atoms with Crippen LogP contribution in [0.25, 0.3) is 21.5 Å². The van der Waals surface area contributed by atoms with E-state index in [2.05, 4.69) is 40.9 Å². The molecular weight excluding hydrogens is 272 g/mol. The van der Waals surface area contributed by atoms with Crippen LogP contribution in [0, 0.1) is 0 Å². The van der Waals surface area contributed by atoms with Crippen LogP contribution in [0.4, 0.5) is 0 Å². The molecule has 1 aliphatic rings. The van der Waals surface area contributed by atoms with Gasteiger partial charge in [0, 0.05) is 5.56 Å². The fourth-order valence-corrected chi connectivity index (χ4v) is 2.92. The Balaban J connectivity index is 2.06. The predicted octanol–water partition coefficient (Wildman–Crippen LogP) is 3.57. The molecule has 1 heterocycles. The third-order valence-corrected chi connectivity index (χ3v) is 4.00. The highest BCUT2D eigenvalue weighted by atomic mass is 16.3. The molecule has 4 rings (SSSR count). The molecule has 1 unspecified atom stereocenters. The molecule has 3 aromatic carbocycles. The van der Waals surface area contributed by atoms with Crippen LogP contribution in [0.3, 0.4) is 0 Å². The van der Waals surface area contributed by atoms with Crippen molar-refractivity contribution in [3.8, 4) is 0 Å². The molecule has 0 bridgehead atoms. The summed E-state index contributed by atoms with van der Waals surface area (Å²) in [5.74, 6) is 0. The minimum absolute atomic E-state index is 0.833. The number of nitrogens with zero attached hydrogens (tertiary/aromatic N) is 1. The summed E-state index contributed by atoms with van der Waals surface area (Å²) in [5, 5.41) is 19.0. The van der Waals surface area contributed by atoms with Crippen LogP contribution in [0.5, 0.6) is 0 Å². The number of fused-ring (bicyclic) bond motifs is 2. The van der Waals surface area contributed by atoms with Gasteiger partial charge in [0.2, 0.25) is 0 Å². The van der Waals surface area contributed by atoms with E-state index in [1.165, 1.54) is 10.8 Å². The van der Waals surface area contributed by atoms with Crippen LogP contribution in [0.1, 0.15) is 12.5 Å². The first-order valence-electron chi connectivity index (χ1n) is 7.31. The number of allylic oxidation sites excluding steroid dienone is 1. The van der Waals surface area contributed by atoms with Crippen molar-refractivity contribution in [2.45, 2.75) is 12.6 Å². The van der Waals surface area contributed by atoms with Gasteiger partial charge in [0.25, 0.3) is 0 Å². The molecule has 0 saturated heterocycles. The highest BCUT2D eigenvalue weighted by Gasteiger charge is 2.21. The molecule has 0 fully saturated rings. The first-order chi connectivity index (χ1) is 10.6. The van der Waals surface area contributed by atoms with Crippen molar-refractivity contribution in [2.24, 2.45) is 5.10 Å². The number of hydrogen-bond acceptors (Lipinski definition) is 3. The van der Waals surface area contributed by atoms with Crippen LogP contribution in [-0.4, -0.2) is 16.5 Å². The maximum absolute atomic E-state index is 9.96. The maximum atomic E-state index is 9.96. The SMILES string of the molecule is CC1(O)C=CC(c2c3ccccc3cc3ccccc23)=NN1. The summed E-state index contributed by atoms with van der Waals surface area (Å²) >= 11 is 0. The van der Waals surface area contributed by atoms with Crippen LogP contribution in [0.15, 0.2) is 71.9 Å². The summed E-state index contributed by atoms with van der Waals surface area (Å²) in [4.78, 5) is 0. The second-order valence-corrected chi connectivity index (χ2v) is 5.78. The second kappa shape index (κ2) is 4.68. The zero-order valence-corrected chi connectivity index (χ0v) is 12.2. The Labute approximate surface area is 128 Å². The van der Waals surface area contributed by atoms with Gasteiger partial charge in [-0.3, -0.25) is 5.43 Å². The largest absolute Gasteiger partial charge is 0.366 e. The van der Waals surface area contributed by atoms with E-state index in [-0.39, 0.29) is 0 Å². The van der Waals surface area contributed by atoms with Gasteiger partial charge in [0.1, 0.15) is 0 Å². The van der Waals surface area contributed by atoms with Crippen molar-refractivity contribution in [2.75, 3.05) is 0 Å². The number of benzene rings is 3. The highest BCUT2D eigenvalue weighted by Crippen LogP contribution is 2.30. The van der Waals surface area contributed by atoms with Gasteiger partial charge in [-0.05, 0) is 46.7 Å². The molecule has 3 nitrogen and oxygen atoms in total. The van der Waals surface area contributed by atoms with Gasteiger partial charge >= 0.3 is 0 Å². The lowest BCUT2D eigenvalue weighted by Gasteiger charge is -2.23. The summed E-state index contributed by atoms with van der Waals surface area (Å²) in [5.41, 5.74) is 3.62. The molecular formula is C19H16N2O. The van der Waals surface area contributed by atoms with Crippen molar-refractivity contribution in [1.82, 2.24) is 5.43 Å². The third-order valence-electron chi connectivity index (χ3n) is 4.00. The van der Waals surface area contributed by atoms with Gasteiger partial charge in [-0.15, -0.1) is 0 Å². The van der Waals surface area contributed by atoms with Crippen molar-refractivity contribution in [3.05, 3.63) is 72.3 Å². The molecule has 0 saturated carbocycles. The number of nitrogens with one attached hydrogen (secondary N) is 1. The Morgan fingerprint density at radius 2 is 1.55 bits per heavy atom. The van der Waals surface area contributed by atoms with E-state index in [9.17, 15) is 5.11 Å². The average molecular weight is 288 g/mol. The topological polar surface area (TPSA) is 44.6 Å². The Bertz CT molecular complexity index is 884. The first kappa shape index (κ1) is 13.0. The Kier molecular flexibility index (Phi) is 2.78. The standard InChI is InChI=1S/C19H16N2O/c1-19(22)11-10-17(20-21-19)18-15-8-4-2-6-13(15)12-14-7-3-5-9-16(14)18/h2-12,21-22H,1H3. The molecule has 22 heavy (non-hydrogen) atoms. The summed E-state index contributed by atoms with van der Waals surface area (Å²) < 4.78 is 0. The minimum atomic E-state index is -1.09. The van der Waals surface area contributed by atoms with Gasteiger partial charge in [-0.1, -0.05) is 48.5 Å². The normalized spacial score (nSPS) is 20.9. The van der Waals surface area contributed by atoms with E-state index in [1.807, 2.05) is 30.3 Å². The van der Waals surface area contributed by atoms with E-state index in [1.54, 1.807) is 13.0 Å². The summed E-state index contributed by atoms with van der Waals surface area (Å²) in [6.07, 6.45) is 3.61. The van der Waals surface area contributed by atoms with Crippen molar-refractivity contribution in [3.63, 3.8) is 0 Å². The van der Waals surface area contributed by atoms with Gasteiger partial charge in [0.05, 0.1) is 5.71 Å². The molecule has 0 aromatic heterocycles. The second-order valence-electron chi connectivity index (χ2n) is 5.78. The van der Waals surface area contributed by atoms with Crippen LogP contribution in [-0.2, 0) is 0 Å². The maximum Gasteiger partial charge on any atom is 0.167 e. The smallest absolute Gasteiger partial charge is 0.167 e. The molecule has 3 heteroatoms. The molecule has 0 aliphatic carbocycles. The predicted molar refractivity (Wildman–Crippen MR) is 90.9 cm³/mol. The van der Waals surface area contributed by atoms with Gasteiger partial charge < -0.3 is 5.11 Å². The van der Waals surface area contributed by atoms with E-state index in [0.29, 0.717) is 0 Å². The fraction of sp³-hybridized carbons (Fsp3) is 0.105. The lowest BCUT2D eigenvalue weighted by atomic mass is 9.93. The number of hydrazone groups is 1. The number of hydrogen-bond donors (Lipinski definition) is 2.